The van der Waals surface area contributed by atoms with Crippen molar-refractivity contribution >= 4 is 11.9 Å². The van der Waals surface area contributed by atoms with Crippen molar-refractivity contribution in [2.45, 2.75) is 56.9 Å². The van der Waals surface area contributed by atoms with Gasteiger partial charge in [-0.1, -0.05) is 0 Å². The van der Waals surface area contributed by atoms with E-state index in [9.17, 15) is 18.0 Å². The van der Waals surface area contributed by atoms with E-state index in [4.69, 9.17) is 19.4 Å². The molecule has 1 unspecified atom stereocenters. The molecular weight excluding hydrogens is 417 g/mol. The van der Waals surface area contributed by atoms with E-state index in [0.717, 1.165) is 50.4 Å². The van der Waals surface area contributed by atoms with Crippen LogP contribution in [0, 0.1) is 12.8 Å². The van der Waals surface area contributed by atoms with Gasteiger partial charge in [0.1, 0.15) is 5.69 Å². The van der Waals surface area contributed by atoms with Crippen LogP contribution in [-0.4, -0.2) is 71.1 Å². The Morgan fingerprint density at radius 1 is 1.32 bits per heavy atom. The first-order chi connectivity index (χ1) is 14.6. The molecule has 10 heteroatoms. The van der Waals surface area contributed by atoms with Crippen molar-refractivity contribution in [1.29, 1.82) is 0 Å². The summed E-state index contributed by atoms with van der Waals surface area (Å²) in [4.78, 5) is 27.6. The molecule has 1 amide bonds. The molecule has 7 nitrogen and oxygen atoms in total. The molecule has 31 heavy (non-hydrogen) atoms. The largest absolute Gasteiger partial charge is 0.490 e. The minimum atomic E-state index is -5.08. The number of aryl methyl sites for hydroxylation is 1. The van der Waals surface area contributed by atoms with Crippen LogP contribution < -0.4 is 0 Å². The number of carbonyl (C=O) groups excluding carboxylic acids is 1. The number of likely N-dealkylation sites (tertiary alicyclic amines) is 1. The fourth-order valence-electron chi connectivity index (χ4n) is 3.75. The number of alkyl halides is 3. The molecule has 1 aliphatic carbocycles. The van der Waals surface area contributed by atoms with E-state index < -0.39 is 12.1 Å². The van der Waals surface area contributed by atoms with Crippen molar-refractivity contribution in [2.24, 2.45) is 5.92 Å². The van der Waals surface area contributed by atoms with E-state index in [1.807, 2.05) is 24.0 Å². The van der Waals surface area contributed by atoms with Crippen LogP contribution >= 0.6 is 0 Å². The Kier molecular flexibility index (Phi) is 7.20. The molecular formula is C21H27F3N2O5. The van der Waals surface area contributed by atoms with Gasteiger partial charge in [0.25, 0.3) is 5.91 Å². The molecule has 2 aliphatic heterocycles. The molecule has 1 atom stereocenters. The van der Waals surface area contributed by atoms with Crippen LogP contribution in [-0.2, 0) is 14.3 Å². The van der Waals surface area contributed by atoms with Crippen molar-refractivity contribution in [1.82, 2.24) is 9.88 Å². The number of carboxylic acid groups (broad SMARTS) is 1. The predicted molar refractivity (Wildman–Crippen MR) is 104 cm³/mol. The highest BCUT2D eigenvalue weighted by Crippen LogP contribution is 2.38. The number of rotatable bonds is 4. The normalized spacial score (nSPS) is 22.7. The van der Waals surface area contributed by atoms with Gasteiger partial charge in [-0.25, -0.2) is 4.79 Å². The number of aliphatic carboxylic acids is 1. The summed E-state index contributed by atoms with van der Waals surface area (Å²) >= 11 is 0. The molecule has 2 saturated heterocycles. The molecule has 3 aliphatic rings. The first-order valence-corrected chi connectivity index (χ1v) is 10.4. The fraction of sp³-hybridized carbons (Fsp3) is 0.667. The number of aromatic nitrogens is 1. The molecule has 0 radical (unpaired) electrons. The summed E-state index contributed by atoms with van der Waals surface area (Å²) in [5, 5.41) is 7.12. The average Bonchev–Trinajstić information content (AvgIpc) is 3.47. The van der Waals surface area contributed by atoms with E-state index in [1.165, 1.54) is 12.8 Å². The van der Waals surface area contributed by atoms with Crippen molar-refractivity contribution in [2.75, 3.05) is 26.3 Å². The fourth-order valence-corrected chi connectivity index (χ4v) is 3.75. The van der Waals surface area contributed by atoms with Gasteiger partial charge in [-0.2, -0.15) is 13.2 Å². The van der Waals surface area contributed by atoms with Gasteiger partial charge in [-0.15, -0.1) is 0 Å². The summed E-state index contributed by atoms with van der Waals surface area (Å²) in [6.45, 7) is 5.07. The maximum atomic E-state index is 12.6. The Bertz CT molecular complexity index is 789. The highest BCUT2D eigenvalue weighted by atomic mass is 19.4. The monoisotopic (exact) mass is 444 g/mol. The maximum Gasteiger partial charge on any atom is 0.490 e. The second-order valence-corrected chi connectivity index (χ2v) is 8.41. The lowest BCUT2D eigenvalue weighted by molar-refractivity contribution is -0.192. The number of hydrogen-bond acceptors (Lipinski definition) is 5. The highest BCUT2D eigenvalue weighted by Gasteiger charge is 2.44. The number of piperidine rings is 1. The number of amides is 1. The molecule has 3 heterocycles. The Morgan fingerprint density at radius 2 is 1.97 bits per heavy atom. The van der Waals surface area contributed by atoms with Crippen LogP contribution in [0.4, 0.5) is 13.2 Å². The van der Waals surface area contributed by atoms with Crippen LogP contribution in [0.1, 0.15) is 48.2 Å². The molecule has 1 aromatic rings. The summed E-state index contributed by atoms with van der Waals surface area (Å²) in [7, 11) is 0. The Balaban J connectivity index is 0.000000339. The molecule has 3 fully saturated rings. The van der Waals surface area contributed by atoms with Gasteiger partial charge in [-0.05, 0) is 56.2 Å². The lowest BCUT2D eigenvalue weighted by Crippen LogP contribution is -2.46. The molecule has 4 rings (SSSR count). The van der Waals surface area contributed by atoms with E-state index in [-0.39, 0.29) is 17.6 Å². The third-order valence-electron chi connectivity index (χ3n) is 5.78. The second kappa shape index (κ2) is 9.52. The molecule has 1 N–H and O–H groups in total. The van der Waals surface area contributed by atoms with Gasteiger partial charge in [0, 0.05) is 32.3 Å². The van der Waals surface area contributed by atoms with Crippen LogP contribution in [0.3, 0.4) is 0 Å². The number of hydrogen-bond donors (Lipinski definition) is 1. The smallest absolute Gasteiger partial charge is 0.475 e. The standard InChI is InChI=1S/C19H26N2O3.C2HF3O2/c1-14-4-7-20-17(10-14)18(22)21-8-5-19(6-9-21)11-16(13-24-19)23-12-15-2-3-15;3-2(4,5)1(6)7/h4,7,10,15-16H,2-3,5-6,8-9,11-13H2,1H3;(H,6,7). The number of carbonyl (C=O) groups is 2. The minimum absolute atomic E-state index is 0.0353. The highest BCUT2D eigenvalue weighted by molar-refractivity contribution is 5.92. The number of ether oxygens (including phenoxy) is 2. The van der Waals surface area contributed by atoms with Crippen molar-refractivity contribution in [3.05, 3.63) is 29.6 Å². The summed E-state index contributed by atoms with van der Waals surface area (Å²) in [6.07, 6.45) is 2.28. The van der Waals surface area contributed by atoms with E-state index >= 15 is 0 Å². The Morgan fingerprint density at radius 3 is 2.52 bits per heavy atom. The molecule has 172 valence electrons. The molecule has 1 aromatic heterocycles. The maximum absolute atomic E-state index is 12.6. The van der Waals surface area contributed by atoms with E-state index in [0.29, 0.717) is 12.3 Å². The van der Waals surface area contributed by atoms with Crippen molar-refractivity contribution < 1.29 is 37.3 Å². The first-order valence-electron chi connectivity index (χ1n) is 10.4. The quantitative estimate of drug-likeness (QED) is 0.767. The summed E-state index contributed by atoms with van der Waals surface area (Å²) < 4.78 is 43.9. The minimum Gasteiger partial charge on any atom is -0.475 e. The van der Waals surface area contributed by atoms with Gasteiger partial charge >= 0.3 is 12.1 Å². The van der Waals surface area contributed by atoms with Crippen LogP contribution in [0.2, 0.25) is 0 Å². The van der Waals surface area contributed by atoms with Gasteiger partial charge in [0.15, 0.2) is 0 Å². The van der Waals surface area contributed by atoms with E-state index in [2.05, 4.69) is 4.98 Å². The summed E-state index contributed by atoms with van der Waals surface area (Å²) in [6, 6.07) is 3.77. The SMILES string of the molecule is Cc1ccnc(C(=O)N2CCC3(CC2)CC(OCC2CC2)CO3)c1.O=C(O)C(F)(F)F. The van der Waals surface area contributed by atoms with Crippen molar-refractivity contribution in [3.63, 3.8) is 0 Å². The Hall–Kier alpha value is -2.20. The van der Waals surface area contributed by atoms with Gasteiger partial charge in [-0.3, -0.25) is 9.78 Å². The van der Waals surface area contributed by atoms with Crippen LogP contribution in [0.15, 0.2) is 18.3 Å². The molecule has 1 saturated carbocycles. The van der Waals surface area contributed by atoms with Gasteiger partial charge < -0.3 is 19.5 Å². The summed E-state index contributed by atoms with van der Waals surface area (Å²) in [5.41, 5.74) is 1.53. The van der Waals surface area contributed by atoms with Crippen molar-refractivity contribution in [3.8, 4) is 0 Å². The molecule has 0 aromatic carbocycles. The van der Waals surface area contributed by atoms with Gasteiger partial charge in [0.05, 0.1) is 18.3 Å². The number of nitrogens with zero attached hydrogens (tertiary/aromatic N) is 2. The zero-order chi connectivity index (χ0) is 22.6. The number of pyridine rings is 1. The van der Waals surface area contributed by atoms with Crippen LogP contribution in [0.25, 0.3) is 0 Å². The molecule has 0 bridgehead atoms. The number of carboxylic acids is 1. The zero-order valence-electron chi connectivity index (χ0n) is 17.4. The van der Waals surface area contributed by atoms with Crippen LogP contribution in [0.5, 0.6) is 0 Å². The topological polar surface area (TPSA) is 89.0 Å². The first kappa shape index (κ1) is 23.5. The lowest BCUT2D eigenvalue weighted by atomic mass is 9.88. The van der Waals surface area contributed by atoms with Gasteiger partial charge in [0.2, 0.25) is 0 Å². The third-order valence-corrected chi connectivity index (χ3v) is 5.78. The number of halogens is 3. The lowest BCUT2D eigenvalue weighted by Gasteiger charge is -2.38. The molecule has 1 spiro atoms. The Labute approximate surface area is 178 Å². The predicted octanol–water partition coefficient (Wildman–Crippen LogP) is 3.21. The average molecular weight is 444 g/mol. The third kappa shape index (κ3) is 6.64. The summed E-state index contributed by atoms with van der Waals surface area (Å²) in [5.74, 6) is -1.93. The second-order valence-electron chi connectivity index (χ2n) is 8.41. The zero-order valence-corrected chi connectivity index (χ0v) is 17.4. The van der Waals surface area contributed by atoms with E-state index in [1.54, 1.807) is 6.20 Å².